The Morgan fingerprint density at radius 3 is 1.38 bits per heavy atom. The number of hydrogen-bond acceptors (Lipinski definition) is 2. The quantitative estimate of drug-likeness (QED) is 0.315. The highest BCUT2D eigenvalue weighted by molar-refractivity contribution is 5.93. The van der Waals surface area contributed by atoms with Crippen molar-refractivity contribution in [2.75, 3.05) is 10.6 Å². The van der Waals surface area contributed by atoms with Gasteiger partial charge in [0.1, 0.15) is 0 Å². The monoisotopic (exact) mass is 436 g/mol. The van der Waals surface area contributed by atoms with E-state index in [1.54, 1.807) is 0 Å². The molecule has 0 unspecified atom stereocenters. The number of carbonyl (C=O) groups excluding carboxylic acids is 2. The zero-order valence-electron chi connectivity index (χ0n) is 20.4. The number of rotatable bonds is 13. The Hall–Kier alpha value is -2.62. The van der Waals surface area contributed by atoms with Crippen LogP contribution >= 0.6 is 0 Å². The van der Waals surface area contributed by atoms with Crippen LogP contribution in [0.1, 0.15) is 89.2 Å². The number of anilines is 2. The molecular formula is C28H40N2O2. The maximum Gasteiger partial charge on any atom is 0.224 e. The number of hydrogen-bond donors (Lipinski definition) is 2. The predicted molar refractivity (Wildman–Crippen MR) is 136 cm³/mol. The van der Waals surface area contributed by atoms with Crippen molar-refractivity contribution >= 4 is 23.2 Å². The Bertz CT molecular complexity index is 815. The normalized spacial score (nSPS) is 10.8. The van der Waals surface area contributed by atoms with Crippen LogP contribution in [-0.2, 0) is 9.59 Å². The van der Waals surface area contributed by atoms with Gasteiger partial charge in [-0.2, -0.15) is 0 Å². The minimum absolute atomic E-state index is 0.0857. The van der Waals surface area contributed by atoms with E-state index in [0.29, 0.717) is 12.8 Å². The van der Waals surface area contributed by atoms with Crippen LogP contribution in [0.25, 0.3) is 11.1 Å². The SMILES string of the molecule is CCCCCCC(=O)Nc1ccc(-c2ccc(NC(=O)CCCCCC)c(C)c2)cc1C. The van der Waals surface area contributed by atoms with Gasteiger partial charge in [-0.05, 0) is 73.2 Å². The summed E-state index contributed by atoms with van der Waals surface area (Å²) in [7, 11) is 0. The summed E-state index contributed by atoms with van der Waals surface area (Å²) in [5.74, 6) is 0.171. The van der Waals surface area contributed by atoms with Gasteiger partial charge in [-0.3, -0.25) is 9.59 Å². The summed E-state index contributed by atoms with van der Waals surface area (Å²) in [4.78, 5) is 24.4. The van der Waals surface area contributed by atoms with E-state index < -0.39 is 0 Å². The highest BCUT2D eigenvalue weighted by atomic mass is 16.2. The highest BCUT2D eigenvalue weighted by Crippen LogP contribution is 2.28. The van der Waals surface area contributed by atoms with Crippen molar-refractivity contribution in [3.05, 3.63) is 47.5 Å². The van der Waals surface area contributed by atoms with Crippen molar-refractivity contribution in [2.45, 2.75) is 91.9 Å². The lowest BCUT2D eigenvalue weighted by molar-refractivity contribution is -0.117. The average Bonchev–Trinajstić information content (AvgIpc) is 2.77. The molecule has 32 heavy (non-hydrogen) atoms. The number of nitrogens with one attached hydrogen (secondary N) is 2. The largest absolute Gasteiger partial charge is 0.326 e. The zero-order valence-corrected chi connectivity index (χ0v) is 20.4. The summed E-state index contributed by atoms with van der Waals surface area (Å²) in [6.45, 7) is 8.39. The first-order valence-electron chi connectivity index (χ1n) is 12.3. The van der Waals surface area contributed by atoms with Crippen LogP contribution in [-0.4, -0.2) is 11.8 Å². The van der Waals surface area contributed by atoms with Gasteiger partial charge in [0.15, 0.2) is 0 Å². The summed E-state index contributed by atoms with van der Waals surface area (Å²) in [5, 5.41) is 6.09. The molecule has 0 aliphatic heterocycles. The van der Waals surface area contributed by atoms with Crippen molar-refractivity contribution in [1.29, 1.82) is 0 Å². The third-order valence-electron chi connectivity index (χ3n) is 5.85. The van der Waals surface area contributed by atoms with Gasteiger partial charge in [-0.25, -0.2) is 0 Å². The second-order valence-electron chi connectivity index (χ2n) is 8.78. The Balaban J connectivity index is 1.97. The lowest BCUT2D eigenvalue weighted by Gasteiger charge is -2.13. The van der Waals surface area contributed by atoms with Gasteiger partial charge in [0.05, 0.1) is 0 Å². The summed E-state index contributed by atoms with van der Waals surface area (Å²) in [6, 6.07) is 12.3. The van der Waals surface area contributed by atoms with E-state index in [1.165, 1.54) is 25.7 Å². The molecule has 2 rings (SSSR count). The second kappa shape index (κ2) is 13.7. The first kappa shape index (κ1) is 25.6. The van der Waals surface area contributed by atoms with E-state index >= 15 is 0 Å². The van der Waals surface area contributed by atoms with E-state index in [2.05, 4.69) is 36.6 Å². The molecule has 0 bridgehead atoms. The van der Waals surface area contributed by atoms with E-state index in [0.717, 1.165) is 59.3 Å². The molecule has 4 heteroatoms. The van der Waals surface area contributed by atoms with E-state index in [9.17, 15) is 9.59 Å². The molecule has 0 saturated carbocycles. The number of amides is 2. The average molecular weight is 437 g/mol. The van der Waals surface area contributed by atoms with Crippen LogP contribution in [0, 0.1) is 13.8 Å². The molecule has 0 heterocycles. The predicted octanol–water partition coefficient (Wildman–Crippen LogP) is 7.79. The third-order valence-corrected chi connectivity index (χ3v) is 5.85. The van der Waals surface area contributed by atoms with Gasteiger partial charge in [0, 0.05) is 24.2 Å². The molecule has 0 radical (unpaired) electrons. The molecule has 0 atom stereocenters. The first-order chi connectivity index (χ1) is 15.4. The van der Waals surface area contributed by atoms with Crippen LogP contribution in [0.2, 0.25) is 0 Å². The summed E-state index contributed by atoms with van der Waals surface area (Å²) < 4.78 is 0. The smallest absolute Gasteiger partial charge is 0.224 e. The molecule has 2 amide bonds. The molecule has 0 aromatic heterocycles. The van der Waals surface area contributed by atoms with E-state index in [1.807, 2.05) is 38.1 Å². The lowest BCUT2D eigenvalue weighted by Crippen LogP contribution is -2.12. The molecule has 2 aromatic carbocycles. The molecule has 2 aromatic rings. The fraction of sp³-hybridized carbons (Fsp3) is 0.500. The summed E-state index contributed by atoms with van der Waals surface area (Å²) in [6.07, 6.45) is 9.96. The minimum atomic E-state index is 0.0857. The zero-order chi connectivity index (χ0) is 23.3. The fourth-order valence-electron chi connectivity index (χ4n) is 3.82. The molecule has 2 N–H and O–H groups in total. The van der Waals surface area contributed by atoms with Crippen LogP contribution in [0.3, 0.4) is 0 Å². The molecular weight excluding hydrogens is 396 g/mol. The van der Waals surface area contributed by atoms with Gasteiger partial charge in [-0.15, -0.1) is 0 Å². The van der Waals surface area contributed by atoms with E-state index in [-0.39, 0.29) is 11.8 Å². The van der Waals surface area contributed by atoms with Gasteiger partial charge in [0.25, 0.3) is 0 Å². The third kappa shape index (κ3) is 8.49. The Morgan fingerprint density at radius 1 is 0.625 bits per heavy atom. The number of unbranched alkanes of at least 4 members (excludes halogenated alkanes) is 6. The molecule has 174 valence electrons. The van der Waals surface area contributed by atoms with Crippen molar-refractivity contribution in [3.8, 4) is 11.1 Å². The van der Waals surface area contributed by atoms with Crippen molar-refractivity contribution in [3.63, 3.8) is 0 Å². The Kier molecular flexibility index (Phi) is 11.0. The van der Waals surface area contributed by atoms with Crippen LogP contribution < -0.4 is 10.6 Å². The van der Waals surface area contributed by atoms with Crippen molar-refractivity contribution < 1.29 is 9.59 Å². The summed E-state index contributed by atoms with van der Waals surface area (Å²) in [5.41, 5.74) is 6.04. The van der Waals surface area contributed by atoms with Crippen LogP contribution in [0.4, 0.5) is 11.4 Å². The second-order valence-corrected chi connectivity index (χ2v) is 8.78. The number of carbonyl (C=O) groups is 2. The number of aryl methyl sites for hydroxylation is 2. The van der Waals surface area contributed by atoms with Crippen LogP contribution in [0.15, 0.2) is 36.4 Å². The van der Waals surface area contributed by atoms with Crippen molar-refractivity contribution in [2.24, 2.45) is 0 Å². The minimum Gasteiger partial charge on any atom is -0.326 e. The molecule has 0 fully saturated rings. The molecule has 0 aliphatic carbocycles. The molecule has 0 aliphatic rings. The lowest BCUT2D eigenvalue weighted by atomic mass is 9.99. The topological polar surface area (TPSA) is 58.2 Å². The highest BCUT2D eigenvalue weighted by Gasteiger charge is 2.09. The fourth-order valence-corrected chi connectivity index (χ4v) is 3.82. The van der Waals surface area contributed by atoms with Gasteiger partial charge < -0.3 is 10.6 Å². The van der Waals surface area contributed by atoms with Crippen molar-refractivity contribution in [1.82, 2.24) is 0 Å². The summed E-state index contributed by atoms with van der Waals surface area (Å²) >= 11 is 0. The standard InChI is InChI=1S/C28H40N2O2/c1-5-7-9-11-13-27(31)29-25-17-15-23(19-21(25)3)24-16-18-26(22(4)20-24)30-28(32)14-12-10-8-6-2/h15-20H,5-14H2,1-4H3,(H,29,31)(H,30,32). The number of benzene rings is 2. The Morgan fingerprint density at radius 2 is 1.03 bits per heavy atom. The molecule has 0 saturated heterocycles. The maximum atomic E-state index is 12.2. The van der Waals surface area contributed by atoms with Gasteiger partial charge >= 0.3 is 0 Å². The molecule has 4 nitrogen and oxygen atoms in total. The van der Waals surface area contributed by atoms with Gasteiger partial charge in [0.2, 0.25) is 11.8 Å². The first-order valence-corrected chi connectivity index (χ1v) is 12.3. The Labute approximate surface area is 194 Å². The van der Waals surface area contributed by atoms with Crippen LogP contribution in [0.5, 0.6) is 0 Å². The van der Waals surface area contributed by atoms with Gasteiger partial charge in [-0.1, -0.05) is 64.5 Å². The molecule has 0 spiro atoms. The van der Waals surface area contributed by atoms with E-state index in [4.69, 9.17) is 0 Å². The maximum absolute atomic E-state index is 12.2.